The summed E-state index contributed by atoms with van der Waals surface area (Å²) in [6.07, 6.45) is 5.69. The van der Waals surface area contributed by atoms with Gasteiger partial charge in [-0.3, -0.25) is 5.43 Å². The highest BCUT2D eigenvalue weighted by molar-refractivity contribution is 7.99. The summed E-state index contributed by atoms with van der Waals surface area (Å²) in [6.45, 7) is 0.964. The molecule has 6 heteroatoms. The van der Waals surface area contributed by atoms with Crippen molar-refractivity contribution in [3.8, 4) is 0 Å². The monoisotopic (exact) mass is 239 g/mol. The summed E-state index contributed by atoms with van der Waals surface area (Å²) in [4.78, 5) is 8.17. The predicted molar refractivity (Wildman–Crippen MR) is 68.4 cm³/mol. The smallest absolute Gasteiger partial charge is 0.239 e. The third-order valence-corrected chi connectivity index (χ3v) is 3.97. The van der Waals surface area contributed by atoms with E-state index in [0.717, 1.165) is 12.4 Å². The van der Waals surface area contributed by atoms with Gasteiger partial charge >= 0.3 is 0 Å². The molecule has 1 fully saturated rings. The molecule has 1 saturated heterocycles. The van der Waals surface area contributed by atoms with Crippen LogP contribution in [0.4, 0.5) is 11.8 Å². The quantitative estimate of drug-likeness (QED) is 0.545. The van der Waals surface area contributed by atoms with Gasteiger partial charge in [0.1, 0.15) is 5.82 Å². The molecule has 0 aliphatic carbocycles. The van der Waals surface area contributed by atoms with E-state index in [0.29, 0.717) is 11.2 Å². The molecule has 2 rings (SSSR count). The number of nitrogens with one attached hydrogen (secondary N) is 2. The summed E-state index contributed by atoms with van der Waals surface area (Å²) in [7, 11) is 0. The number of aromatic nitrogens is 2. The molecule has 0 radical (unpaired) electrons. The SMILES string of the molecule is NNc1nccc(NCC2CCCCS2)n1. The van der Waals surface area contributed by atoms with Crippen LogP contribution in [0.15, 0.2) is 12.3 Å². The lowest BCUT2D eigenvalue weighted by Gasteiger charge is -2.21. The van der Waals surface area contributed by atoms with Crippen LogP contribution in [0.2, 0.25) is 0 Å². The summed E-state index contributed by atoms with van der Waals surface area (Å²) >= 11 is 2.05. The van der Waals surface area contributed by atoms with Crippen molar-refractivity contribution in [1.82, 2.24) is 9.97 Å². The third-order valence-electron chi connectivity index (χ3n) is 2.57. The Hall–Kier alpha value is -1.01. The zero-order valence-electron chi connectivity index (χ0n) is 9.15. The van der Waals surface area contributed by atoms with Gasteiger partial charge in [-0.1, -0.05) is 6.42 Å². The molecule has 1 aromatic rings. The highest BCUT2D eigenvalue weighted by atomic mass is 32.2. The number of hydrogen-bond donors (Lipinski definition) is 3. The minimum Gasteiger partial charge on any atom is -0.369 e. The highest BCUT2D eigenvalue weighted by Gasteiger charge is 2.13. The van der Waals surface area contributed by atoms with E-state index in [2.05, 4.69) is 20.7 Å². The van der Waals surface area contributed by atoms with Gasteiger partial charge in [-0.25, -0.2) is 10.8 Å². The van der Waals surface area contributed by atoms with Gasteiger partial charge in [-0.15, -0.1) is 0 Å². The van der Waals surface area contributed by atoms with E-state index >= 15 is 0 Å². The maximum atomic E-state index is 5.25. The second kappa shape index (κ2) is 5.91. The second-order valence-electron chi connectivity index (χ2n) is 3.78. The van der Waals surface area contributed by atoms with Gasteiger partial charge in [0, 0.05) is 18.0 Å². The van der Waals surface area contributed by atoms with Crippen LogP contribution in [0.25, 0.3) is 0 Å². The number of rotatable bonds is 4. The fourth-order valence-electron chi connectivity index (χ4n) is 1.71. The molecule has 1 aliphatic heterocycles. The van der Waals surface area contributed by atoms with Crippen molar-refractivity contribution in [3.05, 3.63) is 12.3 Å². The van der Waals surface area contributed by atoms with E-state index in [1.165, 1.54) is 25.0 Å². The van der Waals surface area contributed by atoms with Gasteiger partial charge in [0.25, 0.3) is 0 Å². The van der Waals surface area contributed by atoms with Crippen LogP contribution in [0.5, 0.6) is 0 Å². The molecule has 88 valence electrons. The van der Waals surface area contributed by atoms with Crippen molar-refractivity contribution in [2.45, 2.75) is 24.5 Å². The van der Waals surface area contributed by atoms with Gasteiger partial charge in [-0.05, 0) is 24.7 Å². The summed E-state index contributed by atoms with van der Waals surface area (Å²) < 4.78 is 0. The van der Waals surface area contributed by atoms with E-state index in [1.807, 2.05) is 17.8 Å². The van der Waals surface area contributed by atoms with Crippen LogP contribution in [0, 0.1) is 0 Å². The van der Waals surface area contributed by atoms with E-state index in [1.54, 1.807) is 6.20 Å². The molecule has 1 atom stereocenters. The number of nitrogens with zero attached hydrogens (tertiary/aromatic N) is 2. The highest BCUT2D eigenvalue weighted by Crippen LogP contribution is 2.25. The van der Waals surface area contributed by atoms with E-state index in [9.17, 15) is 0 Å². The Labute approximate surface area is 99.6 Å². The lowest BCUT2D eigenvalue weighted by Crippen LogP contribution is -2.21. The number of thioether (sulfide) groups is 1. The fourth-order valence-corrected chi connectivity index (χ4v) is 2.95. The van der Waals surface area contributed by atoms with Crippen molar-refractivity contribution in [2.24, 2.45) is 5.84 Å². The lowest BCUT2D eigenvalue weighted by atomic mass is 10.2. The van der Waals surface area contributed by atoms with Crippen LogP contribution in [0.3, 0.4) is 0 Å². The Morgan fingerprint density at radius 3 is 3.19 bits per heavy atom. The van der Waals surface area contributed by atoms with E-state index < -0.39 is 0 Å². The molecule has 4 N–H and O–H groups in total. The molecule has 0 aromatic carbocycles. The molecule has 0 bridgehead atoms. The second-order valence-corrected chi connectivity index (χ2v) is 5.19. The molecular weight excluding hydrogens is 222 g/mol. The maximum Gasteiger partial charge on any atom is 0.239 e. The first kappa shape index (κ1) is 11.5. The molecule has 5 nitrogen and oxygen atoms in total. The average Bonchev–Trinajstić information content (AvgIpc) is 2.38. The van der Waals surface area contributed by atoms with Gasteiger partial charge < -0.3 is 5.32 Å². The molecule has 0 saturated carbocycles. The summed E-state index contributed by atoms with van der Waals surface area (Å²) in [5.41, 5.74) is 2.44. The van der Waals surface area contributed by atoms with Gasteiger partial charge in [-0.2, -0.15) is 16.7 Å². The molecule has 0 amide bonds. The molecular formula is C10H17N5S. The van der Waals surface area contributed by atoms with Gasteiger partial charge in [0.05, 0.1) is 0 Å². The Morgan fingerprint density at radius 2 is 2.44 bits per heavy atom. The largest absolute Gasteiger partial charge is 0.369 e. The average molecular weight is 239 g/mol. The molecule has 1 aliphatic rings. The minimum absolute atomic E-state index is 0.446. The molecule has 16 heavy (non-hydrogen) atoms. The molecule has 1 aromatic heterocycles. The summed E-state index contributed by atoms with van der Waals surface area (Å²) in [5, 5.41) is 4.03. The number of hydrazine groups is 1. The topological polar surface area (TPSA) is 75.9 Å². The summed E-state index contributed by atoms with van der Waals surface area (Å²) in [5.74, 6) is 7.81. The van der Waals surface area contributed by atoms with Gasteiger partial charge in [0.2, 0.25) is 5.95 Å². The standard InChI is InChI=1S/C10H17N5S/c11-15-10-12-5-4-9(14-10)13-7-8-3-1-2-6-16-8/h4-5,8H,1-3,6-7,11H2,(H2,12,13,14,15). The maximum absolute atomic E-state index is 5.25. The molecule has 0 spiro atoms. The lowest BCUT2D eigenvalue weighted by molar-refractivity contribution is 0.677. The van der Waals surface area contributed by atoms with E-state index in [-0.39, 0.29) is 0 Å². The fraction of sp³-hybridized carbons (Fsp3) is 0.600. The zero-order chi connectivity index (χ0) is 11.2. The van der Waals surface area contributed by atoms with E-state index in [4.69, 9.17) is 5.84 Å². The van der Waals surface area contributed by atoms with Crippen LogP contribution in [-0.2, 0) is 0 Å². The normalized spacial score (nSPS) is 20.4. The van der Waals surface area contributed by atoms with Crippen molar-refractivity contribution in [2.75, 3.05) is 23.0 Å². The Morgan fingerprint density at radius 1 is 1.50 bits per heavy atom. The Balaban J connectivity index is 1.83. The predicted octanol–water partition coefficient (Wildman–Crippen LogP) is 1.46. The zero-order valence-corrected chi connectivity index (χ0v) is 9.96. The third kappa shape index (κ3) is 3.24. The first-order valence-corrected chi connectivity index (χ1v) is 6.58. The van der Waals surface area contributed by atoms with Crippen LogP contribution < -0.4 is 16.6 Å². The number of anilines is 2. The van der Waals surface area contributed by atoms with Crippen molar-refractivity contribution >= 4 is 23.5 Å². The molecule has 2 heterocycles. The number of nitrogens with two attached hydrogens (primary N) is 1. The van der Waals surface area contributed by atoms with Gasteiger partial charge in [0.15, 0.2) is 0 Å². The number of nitrogen functional groups attached to an aromatic ring is 1. The Bertz CT molecular complexity index is 327. The number of hydrogen-bond acceptors (Lipinski definition) is 6. The van der Waals surface area contributed by atoms with Crippen LogP contribution >= 0.6 is 11.8 Å². The van der Waals surface area contributed by atoms with Crippen LogP contribution in [-0.4, -0.2) is 27.5 Å². The minimum atomic E-state index is 0.446. The Kier molecular flexibility index (Phi) is 4.24. The first-order valence-electron chi connectivity index (χ1n) is 5.53. The van der Waals surface area contributed by atoms with Crippen molar-refractivity contribution in [1.29, 1.82) is 0 Å². The van der Waals surface area contributed by atoms with Crippen molar-refractivity contribution in [3.63, 3.8) is 0 Å². The summed E-state index contributed by atoms with van der Waals surface area (Å²) in [6, 6.07) is 1.86. The van der Waals surface area contributed by atoms with Crippen LogP contribution in [0.1, 0.15) is 19.3 Å². The van der Waals surface area contributed by atoms with Crippen molar-refractivity contribution < 1.29 is 0 Å². The molecule has 1 unspecified atom stereocenters. The first-order chi connectivity index (χ1) is 7.88.